The molecule has 6 nitrogen and oxygen atoms in total. The summed E-state index contributed by atoms with van der Waals surface area (Å²) in [4.78, 5) is 31.4. The number of fused-ring (bicyclic) bond motifs is 1. The molecule has 8 heteroatoms. The molecule has 0 aliphatic heterocycles. The van der Waals surface area contributed by atoms with Gasteiger partial charge in [0.1, 0.15) is 5.82 Å². The van der Waals surface area contributed by atoms with E-state index in [0.717, 1.165) is 10.1 Å². The third kappa shape index (κ3) is 3.99. The zero-order valence-corrected chi connectivity index (χ0v) is 18.1. The largest absolute Gasteiger partial charge is 0.337 e. The molecule has 0 fully saturated rings. The molecular formula is C25H18ClFN4O2. The van der Waals surface area contributed by atoms with Crippen molar-refractivity contribution in [3.63, 3.8) is 0 Å². The van der Waals surface area contributed by atoms with E-state index < -0.39 is 11.2 Å². The summed E-state index contributed by atoms with van der Waals surface area (Å²) in [6, 6.07) is 22.1. The van der Waals surface area contributed by atoms with Crippen LogP contribution < -0.4 is 11.2 Å². The van der Waals surface area contributed by atoms with E-state index in [1.165, 1.54) is 16.7 Å². The van der Waals surface area contributed by atoms with Gasteiger partial charge >= 0.3 is 5.69 Å². The molecular weight excluding hydrogens is 443 g/mol. The Hall–Kier alpha value is -3.97. The van der Waals surface area contributed by atoms with Crippen molar-refractivity contribution in [1.82, 2.24) is 18.7 Å². The average Bonchev–Trinajstić information content (AvgIpc) is 3.23. The van der Waals surface area contributed by atoms with Crippen molar-refractivity contribution in [3.05, 3.63) is 128 Å². The maximum atomic E-state index is 13.5. The van der Waals surface area contributed by atoms with E-state index in [1.807, 2.05) is 30.3 Å². The molecule has 0 aliphatic rings. The van der Waals surface area contributed by atoms with Crippen LogP contribution in [0.5, 0.6) is 0 Å². The summed E-state index contributed by atoms with van der Waals surface area (Å²) in [5, 5.41) is 0.525. The second-order valence-electron chi connectivity index (χ2n) is 7.64. The van der Waals surface area contributed by atoms with Crippen LogP contribution in [0, 0.1) is 5.82 Å². The van der Waals surface area contributed by atoms with Crippen molar-refractivity contribution in [2.45, 2.75) is 13.1 Å². The Kier molecular flexibility index (Phi) is 5.40. The van der Waals surface area contributed by atoms with E-state index in [1.54, 1.807) is 47.3 Å². The highest BCUT2D eigenvalue weighted by Gasteiger charge is 2.19. The minimum absolute atomic E-state index is 0.00199. The highest BCUT2D eigenvalue weighted by atomic mass is 35.5. The molecule has 3 aromatic carbocycles. The van der Waals surface area contributed by atoms with Crippen LogP contribution in [0.4, 0.5) is 4.39 Å². The molecule has 0 radical (unpaired) electrons. The first-order valence-corrected chi connectivity index (χ1v) is 10.6. The molecule has 0 spiro atoms. The van der Waals surface area contributed by atoms with Crippen LogP contribution in [-0.4, -0.2) is 18.7 Å². The third-order valence-electron chi connectivity index (χ3n) is 5.43. The molecule has 2 heterocycles. The molecule has 0 atom stereocenters. The van der Waals surface area contributed by atoms with Gasteiger partial charge in [-0.15, -0.1) is 0 Å². The minimum Gasteiger partial charge on any atom is -0.320 e. The Labute approximate surface area is 192 Å². The maximum absolute atomic E-state index is 13.5. The fourth-order valence-electron chi connectivity index (χ4n) is 3.81. The summed E-state index contributed by atoms with van der Waals surface area (Å²) in [7, 11) is 0. The van der Waals surface area contributed by atoms with Gasteiger partial charge in [0.2, 0.25) is 0 Å². The summed E-state index contributed by atoms with van der Waals surface area (Å²) in [6.45, 7) is 0.417. The number of aromatic nitrogens is 4. The van der Waals surface area contributed by atoms with Crippen LogP contribution in [0.15, 0.2) is 94.8 Å². The summed E-state index contributed by atoms with van der Waals surface area (Å²) in [5.41, 5.74) is 1.72. The number of rotatable bonds is 5. The number of halogens is 2. The topological polar surface area (TPSA) is 61.8 Å². The Balaban J connectivity index is 1.75. The van der Waals surface area contributed by atoms with Gasteiger partial charge < -0.3 is 4.57 Å². The fraction of sp³-hybridized carbons (Fsp3) is 0.0800. The predicted octanol–water partition coefficient (Wildman–Crippen LogP) is 4.24. The lowest BCUT2D eigenvalue weighted by Gasteiger charge is -2.13. The summed E-state index contributed by atoms with van der Waals surface area (Å²) in [6.07, 6.45) is 1.56. The lowest BCUT2D eigenvalue weighted by molar-refractivity contribution is 0.624. The van der Waals surface area contributed by atoms with Crippen LogP contribution in [0.1, 0.15) is 11.1 Å². The number of benzene rings is 3. The summed E-state index contributed by atoms with van der Waals surface area (Å²) < 4.78 is 17.7. The number of hydrogen-bond donors (Lipinski definition) is 0. The van der Waals surface area contributed by atoms with Crippen molar-refractivity contribution < 1.29 is 4.39 Å². The smallest absolute Gasteiger partial charge is 0.320 e. The summed E-state index contributed by atoms with van der Waals surface area (Å²) in [5.74, 6) is -0.388. The second-order valence-corrected chi connectivity index (χ2v) is 8.08. The number of nitrogens with zero attached hydrogens (tertiary/aromatic N) is 4. The van der Waals surface area contributed by atoms with Crippen LogP contribution in [-0.2, 0) is 13.1 Å². The number of hydrogen-bond acceptors (Lipinski definition) is 3. The minimum atomic E-state index is -0.538. The molecule has 2 aromatic heterocycles. The van der Waals surface area contributed by atoms with Gasteiger partial charge in [-0.1, -0.05) is 54.1 Å². The van der Waals surface area contributed by atoms with Gasteiger partial charge in [-0.2, -0.15) is 0 Å². The first kappa shape index (κ1) is 20.9. The van der Waals surface area contributed by atoms with Gasteiger partial charge in [0.25, 0.3) is 5.56 Å². The Morgan fingerprint density at radius 2 is 1.48 bits per heavy atom. The van der Waals surface area contributed by atoms with Crippen molar-refractivity contribution in [2.75, 3.05) is 0 Å². The van der Waals surface area contributed by atoms with Gasteiger partial charge in [-0.3, -0.25) is 9.36 Å². The van der Waals surface area contributed by atoms with E-state index in [4.69, 9.17) is 11.6 Å². The van der Waals surface area contributed by atoms with Crippen LogP contribution >= 0.6 is 11.6 Å². The molecule has 0 N–H and O–H groups in total. The third-order valence-corrected chi connectivity index (χ3v) is 5.69. The zero-order chi connectivity index (χ0) is 22.9. The van der Waals surface area contributed by atoms with Gasteiger partial charge in [0.05, 0.1) is 18.6 Å². The first-order chi connectivity index (χ1) is 16.0. The standard InChI is InChI=1S/C25H18ClFN4O2/c26-19-8-12-21(13-9-19)31-23-22(29(16-28-23)14-17-4-2-1-3-5-17)24(32)30(25(31)33)15-18-6-10-20(27)11-7-18/h1-13,16H,14-15H2. The van der Waals surface area contributed by atoms with E-state index >= 15 is 0 Å². The average molecular weight is 461 g/mol. The molecule has 0 bridgehead atoms. The Morgan fingerprint density at radius 1 is 0.818 bits per heavy atom. The van der Waals surface area contributed by atoms with Gasteiger partial charge in [0, 0.05) is 11.6 Å². The second kappa shape index (κ2) is 8.52. The molecule has 164 valence electrons. The maximum Gasteiger partial charge on any atom is 0.337 e. The Bertz CT molecular complexity index is 1550. The lowest BCUT2D eigenvalue weighted by atomic mass is 10.2. The quantitative estimate of drug-likeness (QED) is 0.394. The monoisotopic (exact) mass is 460 g/mol. The van der Waals surface area contributed by atoms with E-state index in [9.17, 15) is 14.0 Å². The van der Waals surface area contributed by atoms with Crippen molar-refractivity contribution in [3.8, 4) is 5.69 Å². The van der Waals surface area contributed by atoms with Gasteiger partial charge in [-0.25, -0.2) is 18.7 Å². The molecule has 0 aliphatic carbocycles. The fourth-order valence-corrected chi connectivity index (χ4v) is 3.94. The molecule has 0 unspecified atom stereocenters. The number of imidazole rings is 1. The molecule has 0 amide bonds. The van der Waals surface area contributed by atoms with Crippen LogP contribution in [0.25, 0.3) is 16.9 Å². The van der Waals surface area contributed by atoms with Crippen molar-refractivity contribution in [1.29, 1.82) is 0 Å². The lowest BCUT2D eigenvalue weighted by Crippen LogP contribution is -2.40. The highest BCUT2D eigenvalue weighted by Crippen LogP contribution is 2.17. The summed E-state index contributed by atoms with van der Waals surface area (Å²) >= 11 is 6.04. The zero-order valence-electron chi connectivity index (χ0n) is 17.4. The highest BCUT2D eigenvalue weighted by molar-refractivity contribution is 6.30. The predicted molar refractivity (Wildman–Crippen MR) is 126 cm³/mol. The van der Waals surface area contributed by atoms with Crippen molar-refractivity contribution in [2.24, 2.45) is 0 Å². The van der Waals surface area contributed by atoms with E-state index in [-0.39, 0.29) is 18.0 Å². The first-order valence-electron chi connectivity index (χ1n) is 10.3. The molecule has 33 heavy (non-hydrogen) atoms. The molecule has 5 aromatic rings. The Morgan fingerprint density at radius 3 is 2.18 bits per heavy atom. The molecule has 0 saturated heterocycles. The SMILES string of the molecule is O=c1c2c(ncn2Cc2ccccc2)n(-c2ccc(Cl)cc2)c(=O)n1Cc1ccc(F)cc1. The van der Waals surface area contributed by atoms with Crippen LogP contribution in [0.3, 0.4) is 0 Å². The molecule has 5 rings (SSSR count). The van der Waals surface area contributed by atoms with Crippen molar-refractivity contribution >= 4 is 22.8 Å². The van der Waals surface area contributed by atoms with E-state index in [0.29, 0.717) is 28.3 Å². The van der Waals surface area contributed by atoms with Gasteiger partial charge in [-0.05, 0) is 47.5 Å². The molecule has 0 saturated carbocycles. The normalized spacial score (nSPS) is 11.2. The van der Waals surface area contributed by atoms with E-state index in [2.05, 4.69) is 4.98 Å². The van der Waals surface area contributed by atoms with Crippen LogP contribution in [0.2, 0.25) is 5.02 Å². The van der Waals surface area contributed by atoms with Gasteiger partial charge in [0.15, 0.2) is 11.2 Å².